The molecule has 4 nitrogen and oxygen atoms in total. The van der Waals surface area contributed by atoms with Gasteiger partial charge in [-0.25, -0.2) is 4.79 Å². The highest BCUT2D eigenvalue weighted by atomic mass is 16.5. The molecule has 0 atom stereocenters. The first-order chi connectivity index (χ1) is 9.11. The Kier molecular flexibility index (Phi) is 4.20. The molecular weight excluding hydrogens is 242 g/mol. The molecule has 1 aromatic carbocycles. The van der Waals surface area contributed by atoms with Gasteiger partial charge in [-0.2, -0.15) is 0 Å². The van der Waals surface area contributed by atoms with Crippen molar-refractivity contribution in [2.45, 2.75) is 32.6 Å². The van der Waals surface area contributed by atoms with Gasteiger partial charge in [0.2, 0.25) is 5.91 Å². The van der Waals surface area contributed by atoms with Crippen LogP contribution in [0.4, 0.5) is 5.69 Å². The molecule has 1 aromatic rings. The van der Waals surface area contributed by atoms with Crippen LogP contribution in [0.1, 0.15) is 41.6 Å². The maximum Gasteiger partial charge on any atom is 0.337 e. The molecule has 4 heteroatoms. The van der Waals surface area contributed by atoms with E-state index in [0.717, 1.165) is 31.2 Å². The number of benzene rings is 1. The van der Waals surface area contributed by atoms with E-state index in [1.54, 1.807) is 12.1 Å². The minimum atomic E-state index is -0.392. The number of aryl methyl sites for hydroxylation is 1. The summed E-state index contributed by atoms with van der Waals surface area (Å²) in [5, 5.41) is 2.92. The second-order valence-corrected chi connectivity index (χ2v) is 4.99. The molecule has 0 bridgehead atoms. The van der Waals surface area contributed by atoms with E-state index in [1.165, 1.54) is 7.11 Å². The third-order valence-corrected chi connectivity index (χ3v) is 3.64. The number of rotatable bonds is 3. The van der Waals surface area contributed by atoms with Crippen LogP contribution in [-0.2, 0) is 9.53 Å². The van der Waals surface area contributed by atoms with Crippen LogP contribution in [0.3, 0.4) is 0 Å². The lowest BCUT2D eigenvalue weighted by Gasteiger charge is -2.13. The highest BCUT2D eigenvalue weighted by molar-refractivity contribution is 5.96. The predicted octanol–water partition coefficient (Wildman–Crippen LogP) is 2.91. The first kappa shape index (κ1) is 13.6. The van der Waals surface area contributed by atoms with Gasteiger partial charge >= 0.3 is 5.97 Å². The van der Waals surface area contributed by atoms with Crippen LogP contribution in [0, 0.1) is 12.8 Å². The van der Waals surface area contributed by atoms with E-state index < -0.39 is 5.97 Å². The highest BCUT2D eigenvalue weighted by Gasteiger charge is 2.23. The number of carbonyl (C=O) groups is 2. The normalized spacial score (nSPS) is 15.3. The zero-order chi connectivity index (χ0) is 13.8. The molecule has 1 fully saturated rings. The van der Waals surface area contributed by atoms with Crippen molar-refractivity contribution >= 4 is 17.6 Å². The summed E-state index contributed by atoms with van der Waals surface area (Å²) >= 11 is 0. The lowest BCUT2D eigenvalue weighted by molar-refractivity contribution is -0.119. The number of methoxy groups -OCH3 is 1. The van der Waals surface area contributed by atoms with Gasteiger partial charge in [0.1, 0.15) is 0 Å². The van der Waals surface area contributed by atoms with Gasteiger partial charge in [-0.3, -0.25) is 4.79 Å². The molecule has 0 aromatic heterocycles. The Morgan fingerprint density at radius 1 is 1.26 bits per heavy atom. The molecule has 0 saturated heterocycles. The molecule has 0 unspecified atom stereocenters. The second kappa shape index (κ2) is 5.87. The fourth-order valence-electron chi connectivity index (χ4n) is 2.42. The van der Waals surface area contributed by atoms with Gasteiger partial charge in [0.05, 0.1) is 12.7 Å². The number of hydrogen-bond acceptors (Lipinski definition) is 3. The van der Waals surface area contributed by atoms with Crippen molar-refractivity contribution in [3.05, 3.63) is 29.3 Å². The Bertz CT molecular complexity index is 490. The molecule has 0 heterocycles. The van der Waals surface area contributed by atoms with Gasteiger partial charge in [-0.05, 0) is 37.5 Å². The monoisotopic (exact) mass is 261 g/mol. The lowest BCUT2D eigenvalue weighted by Crippen LogP contribution is -2.21. The zero-order valence-electron chi connectivity index (χ0n) is 11.4. The summed E-state index contributed by atoms with van der Waals surface area (Å²) in [6.07, 6.45) is 4.17. The van der Waals surface area contributed by atoms with E-state index in [9.17, 15) is 9.59 Å². The molecular formula is C15H19NO3. The standard InChI is InChI=1S/C15H19NO3/c1-10-7-8-12(15(18)19-2)9-13(10)16-14(17)11-5-3-4-6-11/h7-9,11H,3-6H2,1-2H3,(H,16,17). The Morgan fingerprint density at radius 2 is 1.95 bits per heavy atom. The van der Waals surface area contributed by atoms with Crippen LogP contribution in [-0.4, -0.2) is 19.0 Å². The number of nitrogens with one attached hydrogen (secondary N) is 1. The van der Waals surface area contributed by atoms with Gasteiger partial charge in [-0.15, -0.1) is 0 Å². The maximum absolute atomic E-state index is 12.1. The lowest BCUT2D eigenvalue weighted by atomic mass is 10.1. The largest absolute Gasteiger partial charge is 0.465 e. The molecule has 0 aliphatic heterocycles. The van der Waals surface area contributed by atoms with E-state index in [4.69, 9.17) is 0 Å². The van der Waals surface area contributed by atoms with Crippen molar-refractivity contribution < 1.29 is 14.3 Å². The summed E-state index contributed by atoms with van der Waals surface area (Å²) in [5.41, 5.74) is 2.09. The van der Waals surface area contributed by atoms with E-state index in [0.29, 0.717) is 11.3 Å². The SMILES string of the molecule is COC(=O)c1ccc(C)c(NC(=O)C2CCCC2)c1. The Balaban J connectivity index is 2.14. The number of carbonyl (C=O) groups excluding carboxylic acids is 2. The van der Waals surface area contributed by atoms with Crippen molar-refractivity contribution in [2.75, 3.05) is 12.4 Å². The fourth-order valence-corrected chi connectivity index (χ4v) is 2.42. The smallest absolute Gasteiger partial charge is 0.337 e. The van der Waals surface area contributed by atoms with Crippen molar-refractivity contribution in [2.24, 2.45) is 5.92 Å². The van der Waals surface area contributed by atoms with Gasteiger partial charge in [-0.1, -0.05) is 18.9 Å². The maximum atomic E-state index is 12.1. The summed E-state index contributed by atoms with van der Waals surface area (Å²) in [6.45, 7) is 1.91. The third kappa shape index (κ3) is 3.13. The summed E-state index contributed by atoms with van der Waals surface area (Å²) < 4.78 is 4.68. The molecule has 1 aliphatic carbocycles. The molecule has 19 heavy (non-hydrogen) atoms. The predicted molar refractivity (Wildman–Crippen MR) is 73.1 cm³/mol. The van der Waals surface area contributed by atoms with Crippen molar-refractivity contribution in [1.29, 1.82) is 0 Å². The second-order valence-electron chi connectivity index (χ2n) is 4.99. The molecule has 1 amide bonds. The molecule has 102 valence electrons. The van der Waals surface area contributed by atoms with Crippen LogP contribution in [0.15, 0.2) is 18.2 Å². The first-order valence-corrected chi connectivity index (χ1v) is 6.61. The van der Waals surface area contributed by atoms with Crippen LogP contribution < -0.4 is 5.32 Å². The number of hydrogen-bond donors (Lipinski definition) is 1. The number of ether oxygens (including phenoxy) is 1. The Morgan fingerprint density at radius 3 is 2.58 bits per heavy atom. The van der Waals surface area contributed by atoms with Crippen LogP contribution in [0.25, 0.3) is 0 Å². The molecule has 2 rings (SSSR count). The quantitative estimate of drug-likeness (QED) is 0.851. The van der Waals surface area contributed by atoms with Crippen molar-refractivity contribution in [1.82, 2.24) is 0 Å². The zero-order valence-corrected chi connectivity index (χ0v) is 11.4. The van der Waals surface area contributed by atoms with Gasteiger partial charge in [0, 0.05) is 11.6 Å². The fraction of sp³-hybridized carbons (Fsp3) is 0.467. The molecule has 0 spiro atoms. The summed E-state index contributed by atoms with van der Waals surface area (Å²) in [4.78, 5) is 23.6. The average molecular weight is 261 g/mol. The highest BCUT2D eigenvalue weighted by Crippen LogP contribution is 2.27. The summed E-state index contributed by atoms with van der Waals surface area (Å²) in [5.74, 6) is -0.222. The minimum Gasteiger partial charge on any atom is -0.465 e. The van der Waals surface area contributed by atoms with Crippen LogP contribution in [0.2, 0.25) is 0 Å². The molecule has 1 saturated carbocycles. The van der Waals surface area contributed by atoms with E-state index >= 15 is 0 Å². The van der Waals surface area contributed by atoms with Gasteiger partial charge < -0.3 is 10.1 Å². The van der Waals surface area contributed by atoms with Crippen molar-refractivity contribution in [3.63, 3.8) is 0 Å². The van der Waals surface area contributed by atoms with Crippen molar-refractivity contribution in [3.8, 4) is 0 Å². The minimum absolute atomic E-state index is 0.0580. The Labute approximate surface area is 113 Å². The number of esters is 1. The van der Waals surface area contributed by atoms with Gasteiger partial charge in [0.25, 0.3) is 0 Å². The third-order valence-electron chi connectivity index (χ3n) is 3.64. The van der Waals surface area contributed by atoms with Crippen LogP contribution >= 0.6 is 0 Å². The van der Waals surface area contributed by atoms with Crippen LogP contribution in [0.5, 0.6) is 0 Å². The number of anilines is 1. The molecule has 0 radical (unpaired) electrons. The van der Waals surface area contributed by atoms with E-state index in [2.05, 4.69) is 10.1 Å². The Hall–Kier alpha value is -1.84. The summed E-state index contributed by atoms with van der Waals surface area (Å²) in [7, 11) is 1.35. The average Bonchev–Trinajstić information content (AvgIpc) is 2.94. The van der Waals surface area contributed by atoms with E-state index in [-0.39, 0.29) is 11.8 Å². The molecule has 1 aliphatic rings. The van der Waals surface area contributed by atoms with Gasteiger partial charge in [0.15, 0.2) is 0 Å². The molecule has 1 N–H and O–H groups in total. The topological polar surface area (TPSA) is 55.4 Å². The first-order valence-electron chi connectivity index (χ1n) is 6.61. The summed E-state index contributed by atoms with van der Waals surface area (Å²) in [6, 6.07) is 5.19. The number of amides is 1. The van der Waals surface area contributed by atoms with E-state index in [1.807, 2.05) is 13.0 Å².